The summed E-state index contributed by atoms with van der Waals surface area (Å²) in [5.74, 6) is 1.34. The first-order valence-corrected chi connectivity index (χ1v) is 19.2. The van der Waals surface area contributed by atoms with Gasteiger partial charge >= 0.3 is 6.18 Å². The van der Waals surface area contributed by atoms with Gasteiger partial charge in [-0.2, -0.15) is 13.2 Å². The van der Waals surface area contributed by atoms with Crippen LogP contribution < -0.4 is 15.8 Å². The summed E-state index contributed by atoms with van der Waals surface area (Å²) in [5.41, 5.74) is 8.79. The first-order chi connectivity index (χ1) is 26.9. The van der Waals surface area contributed by atoms with Crippen LogP contribution in [0.2, 0.25) is 0 Å². The van der Waals surface area contributed by atoms with Crippen molar-refractivity contribution in [1.82, 2.24) is 14.9 Å². The quantitative estimate of drug-likeness (QED) is 0.140. The molecule has 0 aliphatic heterocycles. The van der Waals surface area contributed by atoms with E-state index in [1.54, 1.807) is 0 Å². The van der Waals surface area contributed by atoms with E-state index < -0.39 is 35.9 Å². The number of aromatic nitrogens is 2. The number of rotatable bonds is 13. The van der Waals surface area contributed by atoms with Gasteiger partial charge in [-0.05, 0) is 103 Å². The standard InChI is InChI=1S/C44H48F3N5O4/c1-3-28-4-8-30(9-5-28)31-12-14-32(15-13-31)36-24-49-42(50-25-36)33-10-6-29(7-11-33)26-52(27-40(48)53)43(55)34-16-19-37(20-17-34)51-41(54)22-35-18-21-38(56-2)23-39(35)44(45,46)47/h6-7,10-11,14,16-21,23-25,28,30-31H,3-5,8-9,12-13,15,22,26-27H2,1-2H3,(H2,48,53)(H,51,54). The van der Waals surface area contributed by atoms with Crippen LogP contribution in [0, 0.1) is 17.8 Å². The molecule has 0 spiro atoms. The minimum Gasteiger partial charge on any atom is -0.497 e. The van der Waals surface area contributed by atoms with Crippen molar-refractivity contribution in [3.8, 4) is 17.1 Å². The number of methoxy groups -OCH3 is 1. The number of nitrogens with two attached hydrogens (primary N) is 1. The number of amides is 3. The fraction of sp³-hybridized carbons (Fsp3) is 0.386. The molecule has 0 bridgehead atoms. The van der Waals surface area contributed by atoms with Crippen molar-refractivity contribution in [2.45, 2.75) is 77.4 Å². The first kappa shape index (κ1) is 40.2. The molecule has 9 nitrogen and oxygen atoms in total. The summed E-state index contributed by atoms with van der Waals surface area (Å²) in [6.07, 6.45) is 11.2. The van der Waals surface area contributed by atoms with Crippen molar-refractivity contribution in [3.63, 3.8) is 0 Å². The Morgan fingerprint density at radius 3 is 2.18 bits per heavy atom. The van der Waals surface area contributed by atoms with Crippen LogP contribution in [0.3, 0.4) is 0 Å². The minimum absolute atomic E-state index is 0.0269. The fourth-order valence-electron chi connectivity index (χ4n) is 7.98. The molecule has 0 radical (unpaired) electrons. The summed E-state index contributed by atoms with van der Waals surface area (Å²) in [7, 11) is 1.26. The monoisotopic (exact) mass is 767 g/mol. The number of hydrogen-bond acceptors (Lipinski definition) is 6. The Morgan fingerprint density at radius 1 is 0.893 bits per heavy atom. The van der Waals surface area contributed by atoms with Crippen LogP contribution in [0.4, 0.5) is 18.9 Å². The molecule has 1 atom stereocenters. The van der Waals surface area contributed by atoms with E-state index in [0.29, 0.717) is 5.82 Å². The number of carbonyl (C=O) groups excluding carboxylic acids is 3. The topological polar surface area (TPSA) is 128 Å². The summed E-state index contributed by atoms with van der Waals surface area (Å²) < 4.78 is 45.7. The Morgan fingerprint density at radius 2 is 1.59 bits per heavy atom. The van der Waals surface area contributed by atoms with Crippen LogP contribution in [-0.2, 0) is 28.7 Å². The van der Waals surface area contributed by atoms with Crippen LogP contribution >= 0.6 is 0 Å². The van der Waals surface area contributed by atoms with Gasteiger partial charge < -0.3 is 20.7 Å². The summed E-state index contributed by atoms with van der Waals surface area (Å²) in [6.45, 7) is 2.08. The second-order valence-corrected chi connectivity index (χ2v) is 14.9. The van der Waals surface area contributed by atoms with Crippen LogP contribution in [0.15, 0.2) is 85.2 Å². The van der Waals surface area contributed by atoms with Gasteiger partial charge in [0.15, 0.2) is 5.82 Å². The Hall–Kier alpha value is -5.52. The van der Waals surface area contributed by atoms with Gasteiger partial charge in [0, 0.05) is 41.3 Å². The Bertz CT molecular complexity index is 2020. The summed E-state index contributed by atoms with van der Waals surface area (Å²) >= 11 is 0. The Labute approximate surface area is 325 Å². The van der Waals surface area contributed by atoms with Gasteiger partial charge in [-0.3, -0.25) is 14.4 Å². The molecule has 0 saturated heterocycles. The highest BCUT2D eigenvalue weighted by atomic mass is 19.4. The molecule has 2 aliphatic carbocycles. The average molecular weight is 768 g/mol. The molecule has 4 aromatic rings. The van der Waals surface area contributed by atoms with Gasteiger partial charge in [0.1, 0.15) is 5.75 Å². The van der Waals surface area contributed by atoms with Gasteiger partial charge in [-0.25, -0.2) is 9.97 Å². The molecule has 12 heteroatoms. The number of nitrogens with zero attached hydrogens (tertiary/aromatic N) is 3. The van der Waals surface area contributed by atoms with E-state index in [2.05, 4.69) is 28.3 Å². The molecule has 3 N–H and O–H groups in total. The van der Waals surface area contributed by atoms with Crippen LogP contribution in [0.5, 0.6) is 5.75 Å². The summed E-state index contributed by atoms with van der Waals surface area (Å²) in [4.78, 5) is 48.8. The van der Waals surface area contributed by atoms with Crippen molar-refractivity contribution in [1.29, 1.82) is 0 Å². The second kappa shape index (κ2) is 18.0. The molecule has 1 aromatic heterocycles. The van der Waals surface area contributed by atoms with E-state index in [1.165, 1.54) is 92.5 Å². The Kier molecular flexibility index (Phi) is 12.9. The van der Waals surface area contributed by atoms with Crippen molar-refractivity contribution < 1.29 is 32.3 Å². The first-order valence-electron chi connectivity index (χ1n) is 19.2. The molecule has 1 heterocycles. The number of primary amides is 1. The number of allylic oxidation sites excluding steroid dienone is 2. The maximum atomic E-state index is 13.6. The molecule has 2 aliphatic rings. The highest BCUT2D eigenvalue weighted by Crippen LogP contribution is 2.42. The third kappa shape index (κ3) is 10.2. The number of hydrogen-bond donors (Lipinski definition) is 2. The van der Waals surface area contributed by atoms with Crippen LogP contribution in [0.25, 0.3) is 17.0 Å². The highest BCUT2D eigenvalue weighted by molar-refractivity contribution is 5.97. The molecule has 1 fully saturated rings. The van der Waals surface area contributed by atoms with E-state index in [9.17, 15) is 27.6 Å². The predicted octanol–water partition coefficient (Wildman–Crippen LogP) is 8.88. The number of halogens is 3. The largest absolute Gasteiger partial charge is 0.497 e. The van der Waals surface area contributed by atoms with Gasteiger partial charge in [0.25, 0.3) is 5.91 Å². The number of carbonyl (C=O) groups is 3. The van der Waals surface area contributed by atoms with Crippen molar-refractivity contribution in [2.75, 3.05) is 19.0 Å². The molecular formula is C44H48F3N5O4. The maximum Gasteiger partial charge on any atom is 0.416 e. The molecular weight excluding hydrogens is 720 g/mol. The minimum atomic E-state index is -4.67. The zero-order valence-corrected chi connectivity index (χ0v) is 31.8. The molecule has 1 unspecified atom stereocenters. The molecule has 6 rings (SSSR count). The highest BCUT2D eigenvalue weighted by Gasteiger charge is 2.34. The number of alkyl halides is 3. The zero-order valence-electron chi connectivity index (χ0n) is 31.8. The number of nitrogens with one attached hydrogen (secondary N) is 1. The van der Waals surface area contributed by atoms with Gasteiger partial charge in [0.05, 0.1) is 25.6 Å². The lowest BCUT2D eigenvalue weighted by Crippen LogP contribution is -2.38. The van der Waals surface area contributed by atoms with Gasteiger partial charge in [0.2, 0.25) is 11.8 Å². The molecule has 1 saturated carbocycles. The number of anilines is 1. The van der Waals surface area contributed by atoms with Gasteiger partial charge in [-0.1, -0.05) is 62.6 Å². The third-order valence-electron chi connectivity index (χ3n) is 11.2. The lowest BCUT2D eigenvalue weighted by atomic mass is 9.71. The van der Waals surface area contributed by atoms with Crippen LogP contribution in [-0.4, -0.2) is 46.2 Å². The lowest BCUT2D eigenvalue weighted by molar-refractivity contribution is -0.138. The SMILES string of the molecule is CCC1CCC(C2CC=C(c3cnc(-c4ccc(CN(CC(N)=O)C(=O)c5ccc(NC(=O)Cc6ccc(OC)cc6C(F)(F)F)cc5)cc4)nc3)CC2)CC1. The van der Waals surface area contributed by atoms with Crippen molar-refractivity contribution in [3.05, 3.63) is 113 Å². The smallest absolute Gasteiger partial charge is 0.416 e. The number of benzene rings is 3. The lowest BCUT2D eigenvalue weighted by Gasteiger charge is -2.35. The third-order valence-corrected chi connectivity index (χ3v) is 11.2. The van der Waals surface area contributed by atoms with E-state index in [4.69, 9.17) is 10.5 Å². The molecule has 3 aromatic carbocycles. The Balaban J connectivity index is 1.04. The van der Waals surface area contributed by atoms with Crippen molar-refractivity contribution >= 4 is 29.0 Å². The van der Waals surface area contributed by atoms with E-state index in [-0.39, 0.29) is 35.7 Å². The molecule has 294 valence electrons. The number of ether oxygens (including phenoxy) is 1. The average Bonchev–Trinajstić information content (AvgIpc) is 3.20. The normalized spacial score (nSPS) is 18.4. The fourth-order valence-corrected chi connectivity index (χ4v) is 7.98. The van der Waals surface area contributed by atoms with E-state index >= 15 is 0 Å². The molecule has 3 amide bonds. The molecule has 56 heavy (non-hydrogen) atoms. The maximum absolute atomic E-state index is 13.6. The summed E-state index contributed by atoms with van der Waals surface area (Å²) in [6, 6.07) is 16.7. The summed E-state index contributed by atoms with van der Waals surface area (Å²) in [5, 5.41) is 2.57. The van der Waals surface area contributed by atoms with E-state index in [0.717, 1.165) is 53.4 Å². The zero-order chi connectivity index (χ0) is 39.8. The van der Waals surface area contributed by atoms with Crippen LogP contribution in [0.1, 0.15) is 90.9 Å². The van der Waals surface area contributed by atoms with Gasteiger partial charge in [-0.15, -0.1) is 0 Å². The van der Waals surface area contributed by atoms with E-state index in [1.807, 2.05) is 36.7 Å². The van der Waals surface area contributed by atoms with Crippen molar-refractivity contribution in [2.24, 2.45) is 23.5 Å². The predicted molar refractivity (Wildman–Crippen MR) is 209 cm³/mol. The second-order valence-electron chi connectivity index (χ2n) is 14.9.